The van der Waals surface area contributed by atoms with Crippen LogP contribution in [0.3, 0.4) is 0 Å². The molecule has 2 aromatic rings. The summed E-state index contributed by atoms with van der Waals surface area (Å²) in [6.45, 7) is 2.41. The maximum absolute atomic E-state index is 12.4. The molecule has 0 fully saturated rings. The second-order valence-corrected chi connectivity index (χ2v) is 6.30. The van der Waals surface area contributed by atoms with Gasteiger partial charge in [0, 0.05) is 17.1 Å². The van der Waals surface area contributed by atoms with Crippen molar-refractivity contribution in [2.24, 2.45) is 0 Å². The maximum atomic E-state index is 12.4. The molecule has 0 aliphatic rings. The van der Waals surface area contributed by atoms with Crippen LogP contribution in [-0.2, 0) is 0 Å². The summed E-state index contributed by atoms with van der Waals surface area (Å²) in [5.74, 6) is 0.574. The molecule has 24 heavy (non-hydrogen) atoms. The van der Waals surface area contributed by atoms with Crippen molar-refractivity contribution in [3.63, 3.8) is 0 Å². The van der Waals surface area contributed by atoms with Crippen LogP contribution in [0.4, 0.5) is 0 Å². The molecule has 128 valence electrons. The molecular formula is C19H23ClN2O2. The third-order valence-electron chi connectivity index (χ3n) is 4.01. The van der Waals surface area contributed by atoms with Crippen LogP contribution in [0.15, 0.2) is 42.5 Å². The molecule has 0 aromatic heterocycles. The minimum absolute atomic E-state index is 0.00464. The van der Waals surface area contributed by atoms with Crippen LogP contribution >= 0.6 is 11.6 Å². The lowest BCUT2D eigenvalue weighted by atomic mass is 10.1. The molecule has 0 aliphatic heterocycles. The molecule has 0 bridgehead atoms. The summed E-state index contributed by atoms with van der Waals surface area (Å²) in [6, 6.07) is 13.1. The molecular weight excluding hydrogens is 324 g/mol. The first-order chi connectivity index (χ1) is 11.4. The van der Waals surface area contributed by atoms with Crippen LogP contribution in [0, 0.1) is 6.92 Å². The summed E-state index contributed by atoms with van der Waals surface area (Å²) in [6.07, 6.45) is 0. The summed E-state index contributed by atoms with van der Waals surface area (Å²) >= 11 is 6.30. The highest BCUT2D eigenvalue weighted by atomic mass is 35.5. The first kappa shape index (κ1) is 18.3. The van der Waals surface area contributed by atoms with E-state index < -0.39 is 0 Å². The van der Waals surface area contributed by atoms with E-state index in [0.717, 1.165) is 11.1 Å². The number of nitrogens with one attached hydrogen (secondary N) is 1. The molecule has 1 atom stereocenters. The van der Waals surface area contributed by atoms with Gasteiger partial charge in [-0.25, -0.2) is 0 Å². The van der Waals surface area contributed by atoms with Crippen molar-refractivity contribution in [1.82, 2.24) is 10.2 Å². The van der Waals surface area contributed by atoms with Crippen molar-refractivity contribution in [3.8, 4) is 5.75 Å². The molecule has 1 unspecified atom stereocenters. The zero-order valence-corrected chi connectivity index (χ0v) is 15.2. The minimum atomic E-state index is -0.132. The predicted octanol–water partition coefficient (Wildman–Crippen LogP) is 3.69. The monoisotopic (exact) mass is 346 g/mol. The maximum Gasteiger partial charge on any atom is 0.251 e. The SMILES string of the molecule is COc1cc(C(=O)NCC(c2ccccc2Cl)N(C)C)ccc1C. The fourth-order valence-corrected chi connectivity index (χ4v) is 2.83. The Hall–Kier alpha value is -2.04. The second-order valence-electron chi connectivity index (χ2n) is 5.90. The molecule has 1 amide bonds. The van der Waals surface area contributed by atoms with Gasteiger partial charge in [0.1, 0.15) is 5.75 Å². The van der Waals surface area contributed by atoms with Gasteiger partial charge >= 0.3 is 0 Å². The molecule has 0 radical (unpaired) electrons. The summed E-state index contributed by atoms with van der Waals surface area (Å²) in [7, 11) is 5.54. The van der Waals surface area contributed by atoms with Crippen LogP contribution in [0.5, 0.6) is 5.75 Å². The van der Waals surface area contributed by atoms with Crippen molar-refractivity contribution >= 4 is 17.5 Å². The van der Waals surface area contributed by atoms with Crippen molar-refractivity contribution in [2.75, 3.05) is 27.7 Å². The average Bonchev–Trinajstić information content (AvgIpc) is 2.56. The number of likely N-dealkylation sites (N-methyl/N-ethyl adjacent to an activating group) is 1. The highest BCUT2D eigenvalue weighted by Crippen LogP contribution is 2.25. The normalized spacial score (nSPS) is 12.1. The molecule has 2 aromatic carbocycles. The zero-order valence-electron chi connectivity index (χ0n) is 14.5. The molecule has 2 rings (SSSR count). The smallest absolute Gasteiger partial charge is 0.251 e. The molecule has 0 saturated heterocycles. The number of hydrogen-bond acceptors (Lipinski definition) is 3. The Bertz CT molecular complexity index is 716. The van der Waals surface area contributed by atoms with E-state index >= 15 is 0 Å². The number of amides is 1. The van der Waals surface area contributed by atoms with Gasteiger partial charge in [-0.2, -0.15) is 0 Å². The quantitative estimate of drug-likeness (QED) is 0.867. The minimum Gasteiger partial charge on any atom is -0.496 e. The third kappa shape index (κ3) is 4.28. The summed E-state index contributed by atoms with van der Waals surface area (Å²) in [4.78, 5) is 14.5. The summed E-state index contributed by atoms with van der Waals surface area (Å²) in [5, 5.41) is 3.68. The van der Waals surface area contributed by atoms with Gasteiger partial charge in [-0.05, 0) is 50.3 Å². The Morgan fingerprint density at radius 2 is 1.96 bits per heavy atom. The number of halogens is 1. The Morgan fingerprint density at radius 1 is 1.25 bits per heavy atom. The number of ether oxygens (including phenoxy) is 1. The zero-order chi connectivity index (χ0) is 17.7. The Balaban J connectivity index is 2.12. The predicted molar refractivity (Wildman–Crippen MR) is 97.9 cm³/mol. The van der Waals surface area contributed by atoms with Crippen molar-refractivity contribution < 1.29 is 9.53 Å². The third-order valence-corrected chi connectivity index (χ3v) is 4.36. The number of methoxy groups -OCH3 is 1. The van der Waals surface area contributed by atoms with Crippen molar-refractivity contribution in [2.45, 2.75) is 13.0 Å². The summed E-state index contributed by atoms with van der Waals surface area (Å²) < 4.78 is 5.28. The fraction of sp³-hybridized carbons (Fsp3) is 0.316. The Morgan fingerprint density at radius 3 is 2.58 bits per heavy atom. The lowest BCUT2D eigenvalue weighted by Crippen LogP contribution is -2.34. The van der Waals surface area contributed by atoms with Gasteiger partial charge in [-0.3, -0.25) is 4.79 Å². The standard InChI is InChI=1S/C19H23ClN2O2/c1-13-9-10-14(11-18(13)24-4)19(23)21-12-17(22(2)3)15-7-5-6-8-16(15)20/h5-11,17H,12H2,1-4H3,(H,21,23). The van der Waals surface area contributed by atoms with Gasteiger partial charge in [0.05, 0.1) is 13.2 Å². The van der Waals surface area contributed by atoms with Crippen LogP contribution in [0.2, 0.25) is 5.02 Å². The van der Waals surface area contributed by atoms with Crippen molar-refractivity contribution in [1.29, 1.82) is 0 Å². The fourth-order valence-electron chi connectivity index (χ4n) is 2.57. The molecule has 0 saturated carbocycles. The molecule has 0 aliphatic carbocycles. The average molecular weight is 347 g/mol. The Labute approximate surface area is 148 Å². The number of carbonyl (C=O) groups excluding carboxylic acids is 1. The number of benzene rings is 2. The number of aryl methyl sites for hydroxylation is 1. The van der Waals surface area contributed by atoms with Crippen molar-refractivity contribution in [3.05, 3.63) is 64.2 Å². The molecule has 0 heterocycles. The molecule has 0 spiro atoms. The van der Waals surface area contributed by atoms with Crippen LogP contribution in [0.25, 0.3) is 0 Å². The van der Waals surface area contributed by atoms with E-state index in [-0.39, 0.29) is 11.9 Å². The van der Waals surface area contributed by atoms with Crippen LogP contribution in [-0.4, -0.2) is 38.6 Å². The first-order valence-electron chi connectivity index (χ1n) is 7.77. The highest BCUT2D eigenvalue weighted by molar-refractivity contribution is 6.31. The van der Waals surface area contributed by atoms with E-state index in [1.807, 2.05) is 56.3 Å². The van der Waals surface area contributed by atoms with Gasteiger partial charge in [0.15, 0.2) is 0 Å². The van der Waals surface area contributed by atoms with Gasteiger partial charge in [-0.1, -0.05) is 35.9 Å². The van der Waals surface area contributed by atoms with Gasteiger partial charge in [0.25, 0.3) is 5.91 Å². The number of carbonyl (C=O) groups is 1. The topological polar surface area (TPSA) is 41.6 Å². The van der Waals surface area contributed by atoms with E-state index in [1.54, 1.807) is 19.2 Å². The van der Waals surface area contributed by atoms with E-state index in [9.17, 15) is 4.79 Å². The first-order valence-corrected chi connectivity index (χ1v) is 8.15. The largest absolute Gasteiger partial charge is 0.496 e. The number of hydrogen-bond donors (Lipinski definition) is 1. The van der Waals surface area contributed by atoms with Gasteiger partial charge in [0.2, 0.25) is 0 Å². The molecule has 5 heteroatoms. The lowest BCUT2D eigenvalue weighted by molar-refractivity contribution is 0.0941. The van der Waals surface area contributed by atoms with Gasteiger partial charge in [-0.15, -0.1) is 0 Å². The Kier molecular flexibility index (Phi) is 6.23. The number of rotatable bonds is 6. The van der Waals surface area contributed by atoms with E-state index in [0.29, 0.717) is 22.9 Å². The van der Waals surface area contributed by atoms with Crippen LogP contribution < -0.4 is 10.1 Å². The molecule has 4 nitrogen and oxygen atoms in total. The van der Waals surface area contributed by atoms with Gasteiger partial charge < -0.3 is 15.0 Å². The van der Waals surface area contributed by atoms with E-state index in [2.05, 4.69) is 5.32 Å². The van der Waals surface area contributed by atoms with E-state index in [1.165, 1.54) is 0 Å². The lowest BCUT2D eigenvalue weighted by Gasteiger charge is -2.26. The molecule has 1 N–H and O–H groups in total. The summed E-state index contributed by atoms with van der Waals surface area (Å²) in [5.41, 5.74) is 2.57. The highest BCUT2D eigenvalue weighted by Gasteiger charge is 2.18. The number of nitrogens with zero attached hydrogens (tertiary/aromatic N) is 1. The second kappa shape index (κ2) is 8.18. The van der Waals surface area contributed by atoms with E-state index in [4.69, 9.17) is 16.3 Å². The van der Waals surface area contributed by atoms with Crippen LogP contribution in [0.1, 0.15) is 27.5 Å².